The van der Waals surface area contributed by atoms with Crippen LogP contribution >= 0.6 is 11.6 Å². The van der Waals surface area contributed by atoms with Crippen molar-refractivity contribution in [3.05, 3.63) is 52.7 Å². The van der Waals surface area contributed by atoms with Crippen molar-refractivity contribution in [3.8, 4) is 11.3 Å². The Balaban J connectivity index is 1.10. The Hall–Kier alpha value is -4.11. The Kier molecular flexibility index (Phi) is 9.91. The number of hydrogen-bond donors (Lipinski definition) is 4. The van der Waals surface area contributed by atoms with Crippen molar-refractivity contribution in [2.24, 2.45) is 18.5 Å². The standard InChI is InChI=1S/C30H37ClF3N9O3/c1-41-24(22-16-43(19-7-8-19)40-25(22)30(32,33)34)15-38-26(41)28(45)39-18-6-9-21(23(31)14-18)27(44)37-10-4-2-3-5-11-42(29(36)46)20-12-17(35)13-20/h6,9,14-17,19-20H,2-5,7-8,10-13,35H2,1H3,(H2,36,46)(H,37,44)(H,39,45). The second kappa shape index (κ2) is 13.7. The molecule has 0 atom stereocenters. The highest BCUT2D eigenvalue weighted by atomic mass is 35.5. The summed E-state index contributed by atoms with van der Waals surface area (Å²) in [5.74, 6) is -1.15. The Labute approximate surface area is 268 Å². The van der Waals surface area contributed by atoms with Crippen molar-refractivity contribution in [1.29, 1.82) is 0 Å². The predicted octanol–water partition coefficient (Wildman–Crippen LogP) is 4.70. The number of unbranched alkanes of at least 4 members (excludes halogenated alkanes) is 3. The van der Waals surface area contributed by atoms with Gasteiger partial charge in [0.25, 0.3) is 11.8 Å². The molecule has 6 N–H and O–H groups in total. The van der Waals surface area contributed by atoms with Crippen LogP contribution in [0, 0.1) is 0 Å². The number of hydrogen-bond acceptors (Lipinski definition) is 6. The highest BCUT2D eigenvalue weighted by Gasteiger charge is 2.40. The summed E-state index contributed by atoms with van der Waals surface area (Å²) in [6.45, 7) is 1.02. The first kappa shape index (κ1) is 33.3. The van der Waals surface area contributed by atoms with Gasteiger partial charge in [-0.3, -0.25) is 14.3 Å². The number of rotatable bonds is 13. The molecule has 16 heteroatoms. The fourth-order valence-electron chi connectivity index (χ4n) is 5.56. The van der Waals surface area contributed by atoms with Gasteiger partial charge in [-0.25, -0.2) is 9.78 Å². The number of carbonyl (C=O) groups is 3. The smallest absolute Gasteiger partial charge is 0.352 e. The van der Waals surface area contributed by atoms with Crippen LogP contribution in [0.5, 0.6) is 0 Å². The fraction of sp³-hybridized carbons (Fsp3) is 0.500. The quantitative estimate of drug-likeness (QED) is 0.193. The van der Waals surface area contributed by atoms with E-state index in [1.165, 1.54) is 46.9 Å². The zero-order chi connectivity index (χ0) is 33.2. The second-order valence-corrected chi connectivity index (χ2v) is 12.3. The Morgan fingerprint density at radius 1 is 1.11 bits per heavy atom. The lowest BCUT2D eigenvalue weighted by Crippen LogP contribution is -2.54. The van der Waals surface area contributed by atoms with Gasteiger partial charge in [-0.05, 0) is 56.7 Å². The Morgan fingerprint density at radius 3 is 2.46 bits per heavy atom. The molecule has 5 rings (SSSR count). The third kappa shape index (κ3) is 7.64. The molecule has 0 bridgehead atoms. The van der Waals surface area contributed by atoms with Crippen molar-refractivity contribution < 1.29 is 27.6 Å². The number of nitrogens with two attached hydrogens (primary N) is 2. The molecule has 248 valence electrons. The third-order valence-corrected chi connectivity index (χ3v) is 8.66. The molecular formula is C30H37ClF3N9O3. The Bertz CT molecular complexity index is 1600. The van der Waals surface area contributed by atoms with Gasteiger partial charge in [-0.2, -0.15) is 18.3 Å². The maximum Gasteiger partial charge on any atom is 0.435 e. The first-order chi connectivity index (χ1) is 21.8. The van der Waals surface area contributed by atoms with Gasteiger partial charge in [0.1, 0.15) is 0 Å². The van der Waals surface area contributed by atoms with Crippen LogP contribution in [0.1, 0.15) is 84.1 Å². The van der Waals surface area contributed by atoms with E-state index in [9.17, 15) is 27.6 Å². The molecule has 2 aliphatic carbocycles. The number of aromatic nitrogens is 4. The first-order valence-corrected chi connectivity index (χ1v) is 15.6. The maximum absolute atomic E-state index is 13.7. The molecule has 2 aliphatic rings. The van der Waals surface area contributed by atoms with E-state index in [0.29, 0.717) is 13.1 Å². The van der Waals surface area contributed by atoms with Gasteiger partial charge in [-0.1, -0.05) is 24.4 Å². The van der Waals surface area contributed by atoms with Crippen molar-refractivity contribution in [2.45, 2.75) is 75.7 Å². The van der Waals surface area contributed by atoms with Crippen LogP contribution in [0.4, 0.5) is 23.7 Å². The van der Waals surface area contributed by atoms with E-state index in [4.69, 9.17) is 23.1 Å². The highest BCUT2D eigenvalue weighted by molar-refractivity contribution is 6.34. The molecule has 3 aromatic rings. The van der Waals surface area contributed by atoms with Gasteiger partial charge < -0.3 is 31.6 Å². The molecule has 0 radical (unpaired) electrons. The number of amides is 4. The molecule has 2 fully saturated rings. The number of nitrogens with one attached hydrogen (secondary N) is 2. The van der Waals surface area contributed by atoms with E-state index in [1.54, 1.807) is 4.90 Å². The minimum absolute atomic E-state index is 0.0600. The van der Waals surface area contributed by atoms with E-state index in [0.717, 1.165) is 51.4 Å². The largest absolute Gasteiger partial charge is 0.435 e. The summed E-state index contributed by atoms with van der Waals surface area (Å²) in [4.78, 5) is 43.1. The molecular weight excluding hydrogens is 627 g/mol. The molecule has 4 amide bonds. The van der Waals surface area contributed by atoms with Gasteiger partial charge in [0.15, 0.2) is 11.5 Å². The number of imidazole rings is 1. The second-order valence-electron chi connectivity index (χ2n) is 11.9. The van der Waals surface area contributed by atoms with Gasteiger partial charge in [0.2, 0.25) is 0 Å². The molecule has 12 nitrogen and oxygen atoms in total. The van der Waals surface area contributed by atoms with Crippen LogP contribution < -0.4 is 22.1 Å². The maximum atomic E-state index is 13.7. The molecule has 46 heavy (non-hydrogen) atoms. The predicted molar refractivity (Wildman–Crippen MR) is 165 cm³/mol. The molecule has 2 saturated carbocycles. The van der Waals surface area contributed by atoms with E-state index in [2.05, 4.69) is 20.7 Å². The summed E-state index contributed by atoms with van der Waals surface area (Å²) in [5, 5.41) is 9.33. The van der Waals surface area contributed by atoms with Crippen LogP contribution in [0.2, 0.25) is 5.02 Å². The van der Waals surface area contributed by atoms with Crippen LogP contribution in [-0.2, 0) is 13.2 Å². The molecule has 1 aromatic carbocycles. The van der Waals surface area contributed by atoms with E-state index < -0.39 is 23.8 Å². The van der Waals surface area contributed by atoms with Crippen LogP contribution in [0.3, 0.4) is 0 Å². The van der Waals surface area contributed by atoms with Gasteiger partial charge in [0.05, 0.1) is 34.1 Å². The number of urea groups is 1. The minimum Gasteiger partial charge on any atom is -0.352 e. The zero-order valence-electron chi connectivity index (χ0n) is 25.3. The van der Waals surface area contributed by atoms with Crippen LogP contribution in [0.15, 0.2) is 30.6 Å². The Morgan fingerprint density at radius 2 is 1.83 bits per heavy atom. The highest BCUT2D eigenvalue weighted by Crippen LogP contribution is 2.41. The lowest BCUT2D eigenvalue weighted by atomic mass is 9.86. The molecule has 0 aliphatic heterocycles. The first-order valence-electron chi connectivity index (χ1n) is 15.2. The van der Waals surface area contributed by atoms with Gasteiger partial charge >= 0.3 is 12.2 Å². The lowest BCUT2D eigenvalue weighted by molar-refractivity contribution is -0.141. The summed E-state index contributed by atoms with van der Waals surface area (Å²) >= 11 is 6.35. The van der Waals surface area contributed by atoms with Crippen molar-refractivity contribution >= 4 is 35.1 Å². The van der Waals surface area contributed by atoms with Crippen molar-refractivity contribution in [1.82, 2.24) is 29.5 Å². The van der Waals surface area contributed by atoms with Crippen molar-refractivity contribution in [3.63, 3.8) is 0 Å². The number of alkyl halides is 3. The number of anilines is 1. The molecule has 0 spiro atoms. The van der Waals surface area contributed by atoms with Crippen molar-refractivity contribution in [2.75, 3.05) is 18.4 Å². The number of carbonyl (C=O) groups excluding carboxylic acids is 3. The topological polar surface area (TPSA) is 166 Å². The summed E-state index contributed by atoms with van der Waals surface area (Å²) in [6, 6.07) is 4.17. The summed E-state index contributed by atoms with van der Waals surface area (Å²) < 4.78 is 43.8. The third-order valence-electron chi connectivity index (χ3n) is 8.35. The van der Waals surface area contributed by atoms with Gasteiger partial charge in [-0.15, -0.1) is 0 Å². The number of benzene rings is 1. The molecule has 2 heterocycles. The molecule has 0 unspecified atom stereocenters. The summed E-state index contributed by atoms with van der Waals surface area (Å²) in [7, 11) is 1.45. The average molecular weight is 664 g/mol. The molecule has 2 aromatic heterocycles. The molecule has 0 saturated heterocycles. The monoisotopic (exact) mass is 663 g/mol. The number of nitrogens with zero attached hydrogens (tertiary/aromatic N) is 5. The lowest BCUT2D eigenvalue weighted by Gasteiger charge is -2.40. The fourth-order valence-corrected chi connectivity index (χ4v) is 5.83. The normalized spacial score (nSPS) is 17.8. The summed E-state index contributed by atoms with van der Waals surface area (Å²) in [6.07, 6.45) is 4.22. The van der Waals surface area contributed by atoms with Crippen LogP contribution in [0.25, 0.3) is 11.3 Å². The van der Waals surface area contributed by atoms with E-state index >= 15 is 0 Å². The van der Waals surface area contributed by atoms with Crippen LogP contribution in [-0.4, -0.2) is 67.3 Å². The average Bonchev–Trinajstić information content (AvgIpc) is 3.60. The number of primary amides is 1. The summed E-state index contributed by atoms with van der Waals surface area (Å²) in [5.41, 5.74) is 10.7. The van der Waals surface area contributed by atoms with E-state index in [1.807, 2.05) is 0 Å². The SMILES string of the molecule is Cn1c(-c2cn(C3CC3)nc2C(F)(F)F)cnc1C(=O)Nc1ccc(C(=O)NCCCCCCN(C(N)=O)C2CC(N)C2)c(Cl)c1. The minimum atomic E-state index is -4.67. The number of halogens is 4. The van der Waals surface area contributed by atoms with Gasteiger partial charge in [0, 0.05) is 44.1 Å². The van der Waals surface area contributed by atoms with E-state index in [-0.39, 0.29) is 57.4 Å². The zero-order valence-corrected chi connectivity index (χ0v) is 26.1.